The standard InChI is InChI=1S/C24H28N2O12S/c1-4-38-22-17(29)13(16(28)20(32)21(22)37-2)11(8-39(3,35)36)26-7-10-12(24(26)34)14(18(30)19(31)15(10)27)25-23(33)9-5-6-9/h9,11,27-32H,4-8H2,1-3H3,(H,25,33). The fourth-order valence-corrected chi connectivity index (χ4v) is 5.49. The van der Waals surface area contributed by atoms with Gasteiger partial charge in [0.15, 0.2) is 23.0 Å². The van der Waals surface area contributed by atoms with E-state index >= 15 is 0 Å². The Morgan fingerprint density at radius 3 is 2.18 bits per heavy atom. The minimum Gasteiger partial charge on any atom is -0.504 e. The zero-order chi connectivity index (χ0) is 29.0. The molecule has 1 atom stereocenters. The second kappa shape index (κ2) is 9.80. The maximum Gasteiger partial charge on any atom is 0.257 e. The molecule has 0 saturated heterocycles. The monoisotopic (exact) mass is 568 g/mol. The number of carbonyl (C=O) groups excluding carboxylic acids is 2. The quantitative estimate of drug-likeness (QED) is 0.168. The number of hydrogen-bond donors (Lipinski definition) is 7. The normalized spacial score (nSPS) is 15.7. The number of amides is 2. The van der Waals surface area contributed by atoms with Gasteiger partial charge in [-0.25, -0.2) is 8.42 Å². The predicted octanol–water partition coefficient (Wildman–Crippen LogP) is 1.42. The van der Waals surface area contributed by atoms with E-state index in [0.717, 1.165) is 18.3 Å². The molecule has 212 valence electrons. The highest BCUT2D eigenvalue weighted by Crippen LogP contribution is 2.57. The number of phenolic OH excluding ortho intramolecular Hbond substituents is 6. The second-order valence-corrected chi connectivity index (χ2v) is 11.5. The first-order valence-corrected chi connectivity index (χ1v) is 13.9. The van der Waals surface area contributed by atoms with Crippen molar-refractivity contribution >= 4 is 27.3 Å². The fraction of sp³-hybridized carbons (Fsp3) is 0.417. The highest BCUT2D eigenvalue weighted by molar-refractivity contribution is 7.90. The van der Waals surface area contributed by atoms with Gasteiger partial charge in [-0.2, -0.15) is 0 Å². The maximum atomic E-state index is 13.7. The van der Waals surface area contributed by atoms with Crippen LogP contribution in [-0.4, -0.2) is 81.5 Å². The first kappa shape index (κ1) is 27.8. The molecule has 0 spiro atoms. The molecule has 1 unspecified atom stereocenters. The third-order valence-corrected chi connectivity index (χ3v) is 7.48. The summed E-state index contributed by atoms with van der Waals surface area (Å²) in [6, 6.07) is -1.69. The van der Waals surface area contributed by atoms with Crippen molar-refractivity contribution in [3.8, 4) is 46.0 Å². The number of fused-ring (bicyclic) bond motifs is 1. The number of rotatable bonds is 9. The Kier molecular flexibility index (Phi) is 6.97. The fourth-order valence-electron chi connectivity index (χ4n) is 4.56. The van der Waals surface area contributed by atoms with E-state index in [-0.39, 0.29) is 18.1 Å². The van der Waals surface area contributed by atoms with Gasteiger partial charge in [-0.05, 0) is 19.8 Å². The average molecular weight is 569 g/mol. The molecule has 4 rings (SSSR count). The molecule has 1 saturated carbocycles. The SMILES string of the molecule is CCOc1c(O)c(C(CS(C)(=O)=O)N2Cc3c(O)c(O)c(O)c(NC(=O)C4CC4)c3C2=O)c(O)c(O)c1OC. The molecule has 2 aliphatic rings. The number of nitrogens with zero attached hydrogens (tertiary/aromatic N) is 1. The first-order chi connectivity index (χ1) is 18.2. The summed E-state index contributed by atoms with van der Waals surface area (Å²) in [6.45, 7) is 0.946. The van der Waals surface area contributed by atoms with Crippen molar-refractivity contribution < 1.29 is 58.1 Å². The number of aromatic hydroxyl groups is 6. The first-order valence-electron chi connectivity index (χ1n) is 11.8. The van der Waals surface area contributed by atoms with Gasteiger partial charge in [0.1, 0.15) is 15.5 Å². The van der Waals surface area contributed by atoms with E-state index in [0.29, 0.717) is 12.8 Å². The van der Waals surface area contributed by atoms with E-state index in [1.165, 1.54) is 0 Å². The Morgan fingerprint density at radius 1 is 1.00 bits per heavy atom. The predicted molar refractivity (Wildman–Crippen MR) is 134 cm³/mol. The minimum absolute atomic E-state index is 0.0329. The smallest absolute Gasteiger partial charge is 0.257 e. The van der Waals surface area contributed by atoms with Gasteiger partial charge >= 0.3 is 0 Å². The van der Waals surface area contributed by atoms with Crippen molar-refractivity contribution in [3.05, 3.63) is 16.7 Å². The lowest BCUT2D eigenvalue weighted by Gasteiger charge is -2.30. The van der Waals surface area contributed by atoms with Crippen molar-refractivity contribution in [3.63, 3.8) is 0 Å². The van der Waals surface area contributed by atoms with E-state index in [2.05, 4.69) is 5.32 Å². The van der Waals surface area contributed by atoms with Crippen molar-refractivity contribution in [2.75, 3.05) is 31.0 Å². The van der Waals surface area contributed by atoms with Crippen LogP contribution in [0.5, 0.6) is 46.0 Å². The van der Waals surface area contributed by atoms with Crippen molar-refractivity contribution in [2.45, 2.75) is 32.4 Å². The highest BCUT2D eigenvalue weighted by Gasteiger charge is 2.44. The van der Waals surface area contributed by atoms with E-state index in [4.69, 9.17) is 9.47 Å². The largest absolute Gasteiger partial charge is 0.504 e. The number of anilines is 1. The third kappa shape index (κ3) is 4.73. The van der Waals surface area contributed by atoms with Crippen LogP contribution in [0, 0.1) is 5.92 Å². The van der Waals surface area contributed by atoms with Crippen LogP contribution in [0.3, 0.4) is 0 Å². The summed E-state index contributed by atoms with van der Waals surface area (Å²) in [5.41, 5.74) is -1.75. The Balaban J connectivity index is 1.92. The van der Waals surface area contributed by atoms with Gasteiger partial charge in [-0.1, -0.05) is 0 Å². The Hall–Kier alpha value is -4.27. The molecule has 39 heavy (non-hydrogen) atoms. The lowest BCUT2D eigenvalue weighted by molar-refractivity contribution is -0.117. The van der Waals surface area contributed by atoms with Crippen LogP contribution in [0.25, 0.3) is 0 Å². The zero-order valence-electron chi connectivity index (χ0n) is 21.2. The second-order valence-electron chi connectivity index (χ2n) is 9.33. The molecule has 2 aromatic rings. The number of ether oxygens (including phenoxy) is 2. The van der Waals surface area contributed by atoms with E-state index in [9.17, 15) is 48.6 Å². The molecule has 1 fully saturated rings. The summed E-state index contributed by atoms with van der Waals surface area (Å²) in [4.78, 5) is 27.0. The number of nitrogens with one attached hydrogen (secondary N) is 1. The van der Waals surface area contributed by atoms with E-state index in [1.54, 1.807) is 6.92 Å². The van der Waals surface area contributed by atoms with Gasteiger partial charge in [0.2, 0.25) is 28.9 Å². The van der Waals surface area contributed by atoms with Crippen molar-refractivity contribution in [2.24, 2.45) is 5.92 Å². The van der Waals surface area contributed by atoms with Crippen LogP contribution in [0.2, 0.25) is 0 Å². The molecular formula is C24H28N2O12S. The number of hydrogen-bond acceptors (Lipinski definition) is 12. The molecule has 0 radical (unpaired) electrons. The number of phenols is 6. The molecule has 15 heteroatoms. The van der Waals surface area contributed by atoms with Crippen LogP contribution >= 0.6 is 0 Å². The Labute approximate surface area is 222 Å². The van der Waals surface area contributed by atoms with Crippen LogP contribution in [0.15, 0.2) is 0 Å². The summed E-state index contributed by atoms with van der Waals surface area (Å²) >= 11 is 0. The van der Waals surface area contributed by atoms with Crippen LogP contribution in [-0.2, 0) is 21.2 Å². The average Bonchev–Trinajstić information content (AvgIpc) is 3.66. The number of carbonyl (C=O) groups is 2. The van der Waals surface area contributed by atoms with E-state index < -0.39 is 103 Å². The summed E-state index contributed by atoms with van der Waals surface area (Å²) in [5.74, 6) is -9.25. The van der Waals surface area contributed by atoms with Crippen LogP contribution in [0.4, 0.5) is 5.69 Å². The van der Waals surface area contributed by atoms with Gasteiger partial charge in [0.05, 0.1) is 43.2 Å². The molecule has 14 nitrogen and oxygen atoms in total. The van der Waals surface area contributed by atoms with Gasteiger partial charge in [0.25, 0.3) is 5.91 Å². The molecule has 1 aliphatic carbocycles. The van der Waals surface area contributed by atoms with Gasteiger partial charge < -0.3 is 50.3 Å². The number of benzene rings is 2. The zero-order valence-corrected chi connectivity index (χ0v) is 22.0. The maximum absolute atomic E-state index is 13.7. The molecule has 0 aromatic heterocycles. The number of sulfone groups is 1. The lowest BCUT2D eigenvalue weighted by Crippen LogP contribution is -2.34. The molecule has 7 N–H and O–H groups in total. The van der Waals surface area contributed by atoms with Crippen molar-refractivity contribution in [1.82, 2.24) is 4.90 Å². The Morgan fingerprint density at radius 2 is 1.64 bits per heavy atom. The van der Waals surface area contributed by atoms with Crippen molar-refractivity contribution in [1.29, 1.82) is 0 Å². The summed E-state index contributed by atoms with van der Waals surface area (Å²) in [7, 11) is -2.84. The van der Waals surface area contributed by atoms with Crippen LogP contribution in [0.1, 0.15) is 47.3 Å². The third-order valence-electron chi connectivity index (χ3n) is 6.56. The molecule has 1 heterocycles. The van der Waals surface area contributed by atoms with Gasteiger partial charge in [-0.15, -0.1) is 0 Å². The molecule has 2 amide bonds. The van der Waals surface area contributed by atoms with Crippen LogP contribution < -0.4 is 14.8 Å². The summed E-state index contributed by atoms with van der Waals surface area (Å²) in [5, 5.41) is 66.2. The van der Waals surface area contributed by atoms with Gasteiger partial charge in [0, 0.05) is 17.7 Å². The molecule has 0 bridgehead atoms. The number of methoxy groups -OCH3 is 1. The topological polar surface area (TPSA) is 223 Å². The van der Waals surface area contributed by atoms with Gasteiger partial charge in [-0.3, -0.25) is 9.59 Å². The highest BCUT2D eigenvalue weighted by atomic mass is 32.2. The summed E-state index contributed by atoms with van der Waals surface area (Å²) in [6.07, 6.45) is 2.00. The minimum atomic E-state index is -3.97. The lowest BCUT2D eigenvalue weighted by atomic mass is 10.0. The molecule has 2 aromatic carbocycles. The molecular weight excluding hydrogens is 540 g/mol. The Bertz CT molecular complexity index is 1480. The molecule has 1 aliphatic heterocycles. The van der Waals surface area contributed by atoms with E-state index in [1.807, 2.05) is 0 Å². The summed E-state index contributed by atoms with van der Waals surface area (Å²) < 4.78 is 35.3.